The largest absolute Gasteiger partial charge is 0.385 e. The molecular formula is C17H33N. The van der Waals surface area contributed by atoms with Crippen LogP contribution in [0.25, 0.3) is 0 Å². The van der Waals surface area contributed by atoms with Crippen LogP contribution in [0, 0.1) is 0 Å². The molecule has 0 heterocycles. The van der Waals surface area contributed by atoms with E-state index in [4.69, 9.17) is 0 Å². The number of para-hydroxylation sites is 1. The van der Waals surface area contributed by atoms with Crippen LogP contribution in [0.4, 0.5) is 5.69 Å². The molecule has 0 amide bonds. The van der Waals surface area contributed by atoms with E-state index in [-0.39, 0.29) is 0 Å². The second kappa shape index (κ2) is 18.4. The van der Waals surface area contributed by atoms with Crippen LogP contribution in [0.1, 0.15) is 66.7 Å². The predicted octanol–water partition coefficient (Wildman–Crippen LogP) is 6.12. The molecule has 1 N–H and O–H groups in total. The summed E-state index contributed by atoms with van der Waals surface area (Å²) in [7, 11) is 0. The molecule has 0 aliphatic carbocycles. The van der Waals surface area contributed by atoms with Crippen LogP contribution in [0.2, 0.25) is 0 Å². The molecular weight excluding hydrogens is 218 g/mol. The van der Waals surface area contributed by atoms with E-state index in [0.717, 1.165) is 6.54 Å². The summed E-state index contributed by atoms with van der Waals surface area (Å²) in [5, 5.41) is 3.21. The first-order valence-electron chi connectivity index (χ1n) is 7.64. The van der Waals surface area contributed by atoms with Crippen molar-refractivity contribution in [3.05, 3.63) is 30.3 Å². The zero-order chi connectivity index (χ0) is 14.1. The van der Waals surface area contributed by atoms with Crippen LogP contribution in [-0.2, 0) is 0 Å². The topological polar surface area (TPSA) is 12.0 Å². The lowest BCUT2D eigenvalue weighted by molar-refractivity contribution is 0.656. The molecule has 1 nitrogen and oxygen atoms in total. The fraction of sp³-hybridized carbons (Fsp3) is 0.647. The minimum Gasteiger partial charge on any atom is -0.385 e. The summed E-state index contributed by atoms with van der Waals surface area (Å²) in [5.74, 6) is 0. The molecule has 0 unspecified atom stereocenters. The zero-order valence-corrected chi connectivity index (χ0v) is 13.1. The Morgan fingerprint density at radius 3 is 1.67 bits per heavy atom. The molecule has 0 fully saturated rings. The highest BCUT2D eigenvalue weighted by Gasteiger charge is 1.81. The fourth-order valence-electron chi connectivity index (χ4n) is 1.44. The van der Waals surface area contributed by atoms with Gasteiger partial charge in [-0.1, -0.05) is 78.0 Å². The third-order valence-electron chi connectivity index (χ3n) is 2.36. The third kappa shape index (κ3) is 15.0. The highest BCUT2D eigenvalue weighted by Crippen LogP contribution is 2.02. The van der Waals surface area contributed by atoms with Gasteiger partial charge >= 0.3 is 0 Å². The van der Waals surface area contributed by atoms with Crippen molar-refractivity contribution < 1.29 is 0 Å². The Hall–Kier alpha value is -0.980. The minimum absolute atomic E-state index is 0.990. The average molecular weight is 251 g/mol. The van der Waals surface area contributed by atoms with E-state index in [2.05, 4.69) is 38.2 Å². The minimum atomic E-state index is 0.990. The van der Waals surface area contributed by atoms with Gasteiger partial charge in [0.2, 0.25) is 0 Å². The monoisotopic (exact) mass is 251 g/mol. The summed E-state index contributed by atoms with van der Waals surface area (Å²) < 4.78 is 0. The van der Waals surface area contributed by atoms with Crippen molar-refractivity contribution in [2.75, 3.05) is 11.9 Å². The summed E-state index contributed by atoms with van der Waals surface area (Å²) in [6.07, 6.45) is 7.01. The lowest BCUT2D eigenvalue weighted by Gasteiger charge is -1.99. The molecule has 0 aliphatic rings. The van der Waals surface area contributed by atoms with Crippen LogP contribution in [0.5, 0.6) is 0 Å². The number of unbranched alkanes of at least 4 members (excludes halogenated alkanes) is 4. The quantitative estimate of drug-likeness (QED) is 0.600. The Labute approximate surface area is 115 Å². The molecule has 106 valence electrons. The van der Waals surface area contributed by atoms with Gasteiger partial charge in [-0.2, -0.15) is 0 Å². The van der Waals surface area contributed by atoms with Crippen molar-refractivity contribution in [1.82, 2.24) is 0 Å². The molecule has 0 atom stereocenters. The summed E-state index contributed by atoms with van der Waals surface area (Å²) >= 11 is 0. The summed E-state index contributed by atoms with van der Waals surface area (Å²) in [4.78, 5) is 0. The van der Waals surface area contributed by atoms with Crippen LogP contribution >= 0.6 is 0 Å². The van der Waals surface area contributed by atoms with Crippen LogP contribution in [-0.4, -0.2) is 6.54 Å². The van der Waals surface area contributed by atoms with Crippen LogP contribution in [0.15, 0.2) is 30.3 Å². The smallest absolute Gasteiger partial charge is 0.0340 e. The Morgan fingerprint density at radius 2 is 1.28 bits per heavy atom. The summed E-state index contributed by atoms with van der Waals surface area (Å²) in [6, 6.07) is 10.2. The first kappa shape index (κ1) is 19.4. The highest BCUT2D eigenvalue weighted by molar-refractivity contribution is 5.41. The Kier molecular flexibility index (Phi) is 19.8. The van der Waals surface area contributed by atoms with Crippen LogP contribution in [0.3, 0.4) is 0 Å². The van der Waals surface area contributed by atoms with E-state index in [0.29, 0.717) is 0 Å². The lowest BCUT2D eigenvalue weighted by Crippen LogP contribution is -1.94. The SMILES string of the molecule is CC.CCCCCCC.CCNc1ccccc1. The van der Waals surface area contributed by atoms with Gasteiger partial charge < -0.3 is 5.32 Å². The second-order valence-electron chi connectivity index (χ2n) is 3.96. The first-order chi connectivity index (χ1) is 8.85. The molecule has 1 aromatic carbocycles. The van der Waals surface area contributed by atoms with Crippen molar-refractivity contribution in [3.63, 3.8) is 0 Å². The Bertz CT molecular complexity index is 214. The van der Waals surface area contributed by atoms with Crippen LogP contribution < -0.4 is 5.32 Å². The average Bonchev–Trinajstić information content (AvgIpc) is 2.44. The van der Waals surface area contributed by atoms with Gasteiger partial charge in [0.1, 0.15) is 0 Å². The molecule has 0 spiro atoms. The molecule has 0 aliphatic heterocycles. The van der Waals surface area contributed by atoms with Gasteiger partial charge in [0.15, 0.2) is 0 Å². The lowest BCUT2D eigenvalue weighted by atomic mass is 10.2. The van der Waals surface area contributed by atoms with Gasteiger partial charge in [-0.15, -0.1) is 0 Å². The van der Waals surface area contributed by atoms with Gasteiger partial charge in [-0.3, -0.25) is 0 Å². The first-order valence-corrected chi connectivity index (χ1v) is 7.64. The van der Waals surface area contributed by atoms with E-state index in [1.807, 2.05) is 32.0 Å². The van der Waals surface area contributed by atoms with E-state index < -0.39 is 0 Å². The summed E-state index contributed by atoms with van der Waals surface area (Å²) in [5.41, 5.74) is 1.19. The zero-order valence-electron chi connectivity index (χ0n) is 13.1. The van der Waals surface area contributed by atoms with Gasteiger partial charge in [-0.05, 0) is 19.1 Å². The molecule has 0 radical (unpaired) electrons. The Morgan fingerprint density at radius 1 is 0.778 bits per heavy atom. The van der Waals surface area contributed by atoms with Crippen molar-refractivity contribution in [2.24, 2.45) is 0 Å². The number of hydrogen-bond acceptors (Lipinski definition) is 1. The number of nitrogens with one attached hydrogen (secondary N) is 1. The maximum Gasteiger partial charge on any atom is 0.0340 e. The molecule has 1 heteroatoms. The maximum atomic E-state index is 3.21. The fourth-order valence-corrected chi connectivity index (χ4v) is 1.44. The molecule has 0 saturated carbocycles. The second-order valence-corrected chi connectivity index (χ2v) is 3.96. The number of rotatable bonds is 6. The van der Waals surface area contributed by atoms with Gasteiger partial charge in [0.05, 0.1) is 0 Å². The molecule has 0 aromatic heterocycles. The molecule has 1 rings (SSSR count). The van der Waals surface area contributed by atoms with Crippen molar-refractivity contribution in [3.8, 4) is 0 Å². The van der Waals surface area contributed by atoms with Gasteiger partial charge in [0, 0.05) is 12.2 Å². The van der Waals surface area contributed by atoms with Crippen molar-refractivity contribution >= 4 is 5.69 Å². The standard InChI is InChI=1S/C8H11N.C7H16.C2H6/c1-2-9-8-6-4-3-5-7-8;1-3-5-7-6-4-2;1-2/h3-7,9H,2H2,1H3;3-7H2,1-2H3;1-2H3. The van der Waals surface area contributed by atoms with E-state index >= 15 is 0 Å². The highest BCUT2D eigenvalue weighted by atomic mass is 14.8. The number of anilines is 1. The maximum absolute atomic E-state index is 3.21. The van der Waals surface area contributed by atoms with E-state index in [1.54, 1.807) is 0 Å². The van der Waals surface area contributed by atoms with E-state index in [1.165, 1.54) is 37.8 Å². The molecule has 18 heavy (non-hydrogen) atoms. The molecule has 0 saturated heterocycles. The van der Waals surface area contributed by atoms with Crippen molar-refractivity contribution in [2.45, 2.75) is 66.7 Å². The normalized spacial score (nSPS) is 8.50. The Balaban J connectivity index is 0. The third-order valence-corrected chi connectivity index (χ3v) is 2.36. The van der Waals surface area contributed by atoms with Gasteiger partial charge in [0.25, 0.3) is 0 Å². The molecule has 0 bridgehead atoms. The molecule has 1 aromatic rings. The van der Waals surface area contributed by atoms with Gasteiger partial charge in [-0.25, -0.2) is 0 Å². The number of benzene rings is 1. The predicted molar refractivity (Wildman–Crippen MR) is 86.4 cm³/mol. The van der Waals surface area contributed by atoms with E-state index in [9.17, 15) is 0 Å². The van der Waals surface area contributed by atoms with Crippen molar-refractivity contribution in [1.29, 1.82) is 0 Å². The number of hydrogen-bond donors (Lipinski definition) is 1. The summed E-state index contributed by atoms with van der Waals surface area (Å²) in [6.45, 7) is 11.6.